The van der Waals surface area contributed by atoms with E-state index >= 15 is 0 Å². The third-order valence-corrected chi connectivity index (χ3v) is 3.56. The number of imidazole rings is 1. The Morgan fingerprint density at radius 3 is 2.85 bits per heavy atom. The Bertz CT molecular complexity index is 638. The molecule has 0 saturated carbocycles. The molecule has 0 bridgehead atoms. The number of nitrogens with zero attached hydrogens (tertiary/aromatic N) is 6. The second kappa shape index (κ2) is 4.95. The standard InChI is InChI=1S/C12H17N7O/c1-17-5-6-18(12(17)20)3-2-4-19-8-16-9-10(13)14-7-15-11(9)19/h7-8H,2-6H2,1H3,(H2,13,14,15). The molecule has 0 spiro atoms. The largest absolute Gasteiger partial charge is 0.382 e. The molecule has 2 aromatic rings. The van der Waals surface area contributed by atoms with Gasteiger partial charge >= 0.3 is 6.03 Å². The molecule has 3 heterocycles. The highest BCUT2D eigenvalue weighted by atomic mass is 16.2. The van der Waals surface area contributed by atoms with Gasteiger partial charge in [-0.15, -0.1) is 0 Å². The highest BCUT2D eigenvalue weighted by Crippen LogP contribution is 2.15. The van der Waals surface area contributed by atoms with Gasteiger partial charge in [-0.2, -0.15) is 0 Å². The molecule has 2 N–H and O–H groups in total. The molecule has 8 heteroatoms. The molecule has 20 heavy (non-hydrogen) atoms. The van der Waals surface area contributed by atoms with Crippen molar-refractivity contribution < 1.29 is 4.79 Å². The summed E-state index contributed by atoms with van der Waals surface area (Å²) >= 11 is 0. The Morgan fingerprint density at radius 2 is 2.10 bits per heavy atom. The Morgan fingerprint density at radius 1 is 1.25 bits per heavy atom. The number of nitrogens with two attached hydrogens (primary N) is 1. The summed E-state index contributed by atoms with van der Waals surface area (Å²) in [4.78, 5) is 27.7. The summed E-state index contributed by atoms with van der Waals surface area (Å²) in [6.07, 6.45) is 4.01. The summed E-state index contributed by atoms with van der Waals surface area (Å²) in [7, 11) is 1.82. The van der Waals surface area contributed by atoms with E-state index in [9.17, 15) is 4.79 Å². The maximum absolute atomic E-state index is 11.8. The van der Waals surface area contributed by atoms with Crippen LogP contribution in [0.3, 0.4) is 0 Å². The minimum absolute atomic E-state index is 0.104. The SMILES string of the molecule is CN1CCN(CCCn2cnc3c(N)ncnc32)C1=O. The van der Waals surface area contributed by atoms with Crippen molar-refractivity contribution in [2.24, 2.45) is 0 Å². The predicted molar refractivity (Wildman–Crippen MR) is 74.0 cm³/mol. The molecule has 8 nitrogen and oxygen atoms in total. The average molecular weight is 275 g/mol. The monoisotopic (exact) mass is 275 g/mol. The van der Waals surface area contributed by atoms with Crippen LogP contribution in [0.2, 0.25) is 0 Å². The number of carbonyl (C=O) groups excluding carboxylic acids is 1. The van der Waals surface area contributed by atoms with Gasteiger partial charge < -0.3 is 20.1 Å². The number of aromatic nitrogens is 4. The lowest BCUT2D eigenvalue weighted by atomic mass is 10.4. The first kappa shape index (κ1) is 12.6. The minimum atomic E-state index is 0.104. The Hall–Kier alpha value is -2.38. The van der Waals surface area contributed by atoms with Crippen LogP contribution in [0.25, 0.3) is 11.2 Å². The summed E-state index contributed by atoms with van der Waals surface area (Å²) in [6, 6.07) is 0.104. The van der Waals surface area contributed by atoms with E-state index in [4.69, 9.17) is 5.73 Å². The van der Waals surface area contributed by atoms with Crippen molar-refractivity contribution in [3.8, 4) is 0 Å². The fraction of sp³-hybridized carbons (Fsp3) is 0.500. The molecular weight excluding hydrogens is 258 g/mol. The fourth-order valence-corrected chi connectivity index (χ4v) is 2.41. The average Bonchev–Trinajstić information content (AvgIpc) is 2.99. The quantitative estimate of drug-likeness (QED) is 0.858. The Labute approximate surface area is 116 Å². The van der Waals surface area contributed by atoms with Crippen LogP contribution in [0.4, 0.5) is 10.6 Å². The van der Waals surface area contributed by atoms with Gasteiger partial charge in [0.2, 0.25) is 0 Å². The van der Waals surface area contributed by atoms with Crippen LogP contribution in [0.5, 0.6) is 0 Å². The summed E-state index contributed by atoms with van der Waals surface area (Å²) in [5.74, 6) is 0.394. The lowest BCUT2D eigenvalue weighted by Crippen LogP contribution is -2.30. The van der Waals surface area contributed by atoms with Crippen LogP contribution in [0.1, 0.15) is 6.42 Å². The van der Waals surface area contributed by atoms with E-state index in [0.717, 1.165) is 38.2 Å². The molecule has 3 rings (SSSR count). The second-order valence-electron chi connectivity index (χ2n) is 4.91. The molecule has 1 saturated heterocycles. The number of nitrogen functional groups attached to an aromatic ring is 1. The van der Waals surface area contributed by atoms with Crippen LogP contribution in [-0.2, 0) is 6.54 Å². The van der Waals surface area contributed by atoms with Gasteiger partial charge in [0.05, 0.1) is 6.33 Å². The lowest BCUT2D eigenvalue weighted by Gasteiger charge is -2.15. The summed E-state index contributed by atoms with van der Waals surface area (Å²) in [6.45, 7) is 3.09. The highest BCUT2D eigenvalue weighted by molar-refractivity contribution is 5.81. The van der Waals surface area contributed by atoms with Gasteiger partial charge in [-0.3, -0.25) is 0 Å². The molecule has 0 aliphatic carbocycles. The molecule has 2 aromatic heterocycles. The maximum atomic E-state index is 11.8. The molecule has 1 fully saturated rings. The third-order valence-electron chi connectivity index (χ3n) is 3.56. The molecule has 2 amide bonds. The van der Waals surface area contributed by atoms with E-state index in [0.29, 0.717) is 11.3 Å². The zero-order valence-corrected chi connectivity index (χ0v) is 11.4. The van der Waals surface area contributed by atoms with Gasteiger partial charge in [0.15, 0.2) is 11.5 Å². The van der Waals surface area contributed by atoms with Crippen LogP contribution in [-0.4, -0.2) is 62.0 Å². The van der Waals surface area contributed by atoms with E-state index in [1.807, 2.05) is 16.5 Å². The second-order valence-corrected chi connectivity index (χ2v) is 4.91. The first-order valence-corrected chi connectivity index (χ1v) is 6.58. The van der Waals surface area contributed by atoms with Crippen molar-refractivity contribution in [2.45, 2.75) is 13.0 Å². The van der Waals surface area contributed by atoms with Crippen molar-refractivity contribution in [3.05, 3.63) is 12.7 Å². The van der Waals surface area contributed by atoms with Gasteiger partial charge in [0, 0.05) is 33.2 Å². The molecule has 0 aromatic carbocycles. The van der Waals surface area contributed by atoms with E-state index in [2.05, 4.69) is 15.0 Å². The van der Waals surface area contributed by atoms with Crippen LogP contribution in [0.15, 0.2) is 12.7 Å². The van der Waals surface area contributed by atoms with E-state index in [1.165, 1.54) is 6.33 Å². The lowest BCUT2D eigenvalue weighted by molar-refractivity contribution is 0.197. The van der Waals surface area contributed by atoms with Crippen LogP contribution >= 0.6 is 0 Å². The maximum Gasteiger partial charge on any atom is 0.319 e. The Balaban J connectivity index is 1.63. The highest BCUT2D eigenvalue weighted by Gasteiger charge is 2.24. The van der Waals surface area contributed by atoms with Gasteiger partial charge in [0.1, 0.15) is 11.8 Å². The fourth-order valence-electron chi connectivity index (χ4n) is 2.41. The number of aryl methyl sites for hydroxylation is 1. The number of carbonyl (C=O) groups is 1. The van der Waals surface area contributed by atoms with Crippen molar-refractivity contribution >= 4 is 23.0 Å². The number of anilines is 1. The van der Waals surface area contributed by atoms with Gasteiger partial charge in [-0.25, -0.2) is 19.7 Å². The zero-order chi connectivity index (χ0) is 14.1. The first-order chi connectivity index (χ1) is 9.66. The molecule has 0 radical (unpaired) electrons. The van der Waals surface area contributed by atoms with Crippen LogP contribution < -0.4 is 5.73 Å². The molecule has 1 aliphatic rings. The molecule has 106 valence electrons. The molecule has 1 aliphatic heterocycles. The first-order valence-electron chi connectivity index (χ1n) is 6.58. The third kappa shape index (κ3) is 2.13. The number of fused-ring (bicyclic) bond motifs is 1. The van der Waals surface area contributed by atoms with Crippen molar-refractivity contribution in [3.63, 3.8) is 0 Å². The van der Waals surface area contributed by atoms with Gasteiger partial charge in [-0.05, 0) is 6.42 Å². The van der Waals surface area contributed by atoms with E-state index in [-0.39, 0.29) is 6.03 Å². The smallest absolute Gasteiger partial charge is 0.319 e. The number of likely N-dealkylation sites (N-methyl/N-ethyl adjacent to an activating group) is 1. The van der Waals surface area contributed by atoms with Crippen molar-refractivity contribution in [1.29, 1.82) is 0 Å². The van der Waals surface area contributed by atoms with Crippen molar-refractivity contribution in [1.82, 2.24) is 29.3 Å². The number of amides is 2. The summed E-state index contributed by atoms with van der Waals surface area (Å²) in [5, 5.41) is 0. The zero-order valence-electron chi connectivity index (χ0n) is 11.4. The molecule has 0 unspecified atom stereocenters. The minimum Gasteiger partial charge on any atom is -0.382 e. The Kier molecular flexibility index (Phi) is 3.13. The van der Waals surface area contributed by atoms with Gasteiger partial charge in [-0.1, -0.05) is 0 Å². The number of hydrogen-bond acceptors (Lipinski definition) is 5. The number of hydrogen-bond donors (Lipinski definition) is 1. The normalized spacial score (nSPS) is 15.6. The number of urea groups is 1. The summed E-state index contributed by atoms with van der Waals surface area (Å²) in [5.41, 5.74) is 7.11. The predicted octanol–water partition coefficient (Wildman–Crippen LogP) is 0.166. The topological polar surface area (TPSA) is 93.2 Å². The van der Waals surface area contributed by atoms with Crippen LogP contribution in [0, 0.1) is 0 Å². The van der Waals surface area contributed by atoms with Crippen molar-refractivity contribution in [2.75, 3.05) is 32.4 Å². The van der Waals surface area contributed by atoms with Gasteiger partial charge in [0.25, 0.3) is 0 Å². The van der Waals surface area contributed by atoms with E-state index in [1.54, 1.807) is 11.2 Å². The van der Waals surface area contributed by atoms with E-state index < -0.39 is 0 Å². The number of rotatable bonds is 4. The molecular formula is C12H17N7O. The summed E-state index contributed by atoms with van der Waals surface area (Å²) < 4.78 is 1.94. The molecule has 0 atom stereocenters.